The SMILES string of the molecule is C#CCCP(=O)(OCC)OCC.CCOP(=O)(CCC#Cc1cc(C(=O)O)ccc1C(F)(F)F)OCC.CCOP(=O)(CCC#Cc1cc(C)ccc1C(F)(F)F)OCC.CCOP(=O)(CCC#Cc1cc(N)ccc1C(F)(F)F)OCC.Cc1ccc(C(F)(F)F)c(I)c1.Cc1ccc(C(F)(F)F)c(N)c1.Cc1ccc(C(F)(F)F)c([N+](=O)[O-])c1. The second-order valence-corrected chi connectivity index (χ2v) is 34.0. The lowest BCUT2D eigenvalue weighted by atomic mass is 10.0. The summed E-state index contributed by atoms with van der Waals surface area (Å²) >= 11 is 1.69. The van der Waals surface area contributed by atoms with Gasteiger partial charge in [-0.05, 0) is 201 Å². The Labute approximate surface area is 704 Å². The first-order valence-electron chi connectivity index (χ1n) is 36.0. The molecule has 0 bridgehead atoms. The molecule has 0 atom stereocenters. The van der Waals surface area contributed by atoms with Crippen LogP contribution in [0.4, 0.5) is 96.1 Å². The fourth-order valence-corrected chi connectivity index (χ4v) is 16.3. The van der Waals surface area contributed by atoms with Crippen LogP contribution in [-0.2, 0) is 91.5 Å². The molecule has 6 rings (SSSR count). The molecule has 0 amide bonds. The quantitative estimate of drug-likeness (QED) is 0.00865. The number of carboxylic acids is 1. The number of nitro benzene ring substituents is 1. The summed E-state index contributed by atoms with van der Waals surface area (Å²) in [5.41, 5.74) is 6.20. The van der Waals surface area contributed by atoms with Crippen LogP contribution in [-0.4, -0.2) is 93.5 Å². The van der Waals surface area contributed by atoms with Crippen molar-refractivity contribution < 1.29 is 148 Å². The number of anilines is 2. The summed E-state index contributed by atoms with van der Waals surface area (Å²) in [6, 6.07) is 20.0. The molecule has 0 saturated heterocycles. The van der Waals surface area contributed by atoms with Crippen molar-refractivity contribution in [1.29, 1.82) is 0 Å². The Kier molecular flexibility index (Phi) is 49.8. The van der Waals surface area contributed by atoms with Gasteiger partial charge in [0.05, 0.1) is 116 Å². The van der Waals surface area contributed by atoms with Crippen LogP contribution in [0.1, 0.15) is 164 Å². The van der Waals surface area contributed by atoms with Crippen LogP contribution >= 0.6 is 53.0 Å². The number of hydrogen-bond donors (Lipinski definition) is 3. The molecule has 0 radical (unpaired) electrons. The van der Waals surface area contributed by atoms with E-state index in [4.69, 9.17) is 59.2 Å². The van der Waals surface area contributed by atoms with Crippen LogP contribution in [0.15, 0.2) is 109 Å². The average molecular weight is 1930 g/mol. The number of carbonyl (C=O) groups is 1. The van der Waals surface area contributed by atoms with Gasteiger partial charge in [0.2, 0.25) is 0 Å². The van der Waals surface area contributed by atoms with E-state index in [9.17, 15) is 112 Å². The number of rotatable bonds is 26. The Hall–Kier alpha value is -7.90. The molecule has 0 aliphatic heterocycles. The van der Waals surface area contributed by atoms with Crippen LogP contribution in [0, 0.1) is 89.2 Å². The maximum absolute atomic E-state index is 13.0. The zero-order valence-electron chi connectivity index (χ0n) is 67.4. The van der Waals surface area contributed by atoms with Gasteiger partial charge in [0, 0.05) is 63.4 Å². The third-order valence-corrected chi connectivity index (χ3v) is 23.5. The van der Waals surface area contributed by atoms with Gasteiger partial charge in [0.1, 0.15) is 5.56 Å². The highest BCUT2D eigenvalue weighted by atomic mass is 127. The number of aromatic carboxylic acids is 1. The molecule has 42 heteroatoms. The zero-order valence-corrected chi connectivity index (χ0v) is 73.2. The van der Waals surface area contributed by atoms with Crippen molar-refractivity contribution in [2.45, 2.75) is 146 Å². The molecule has 0 fully saturated rings. The molecular weight excluding hydrogens is 1840 g/mol. The van der Waals surface area contributed by atoms with Gasteiger partial charge in [0.15, 0.2) is 0 Å². The van der Waals surface area contributed by atoms with Crippen LogP contribution in [0.3, 0.4) is 0 Å². The van der Waals surface area contributed by atoms with Crippen LogP contribution < -0.4 is 11.5 Å². The first kappa shape index (κ1) is 113. The van der Waals surface area contributed by atoms with Crippen molar-refractivity contribution in [3.05, 3.63) is 201 Å². The molecule has 6 aromatic rings. The van der Waals surface area contributed by atoms with Gasteiger partial charge in [0.25, 0.3) is 5.69 Å². The highest BCUT2D eigenvalue weighted by Crippen LogP contribution is 2.51. The lowest BCUT2D eigenvalue weighted by Crippen LogP contribution is -2.09. The van der Waals surface area contributed by atoms with E-state index in [-0.39, 0.29) is 109 Å². The predicted molar refractivity (Wildman–Crippen MR) is 434 cm³/mol. The molecule has 0 aromatic heterocycles. The third kappa shape index (κ3) is 44.3. The van der Waals surface area contributed by atoms with E-state index in [1.54, 1.807) is 98.8 Å². The summed E-state index contributed by atoms with van der Waals surface area (Å²) in [5.74, 6) is 16.0. The summed E-state index contributed by atoms with van der Waals surface area (Å²) in [6.45, 7) is 22.3. The Morgan fingerprint density at radius 2 is 0.678 bits per heavy atom. The molecular formula is C79H92F18IN3O16P4. The third-order valence-electron chi connectivity index (χ3n) is 14.3. The smallest absolute Gasteiger partial charge is 0.422 e. The predicted octanol–water partition coefficient (Wildman–Crippen LogP) is 25.1. The second kappa shape index (κ2) is 53.3. The molecule has 672 valence electrons. The van der Waals surface area contributed by atoms with E-state index in [2.05, 4.69) is 41.4 Å². The van der Waals surface area contributed by atoms with Crippen molar-refractivity contribution in [3.63, 3.8) is 0 Å². The summed E-state index contributed by atoms with van der Waals surface area (Å²) in [7, 11) is -12.7. The summed E-state index contributed by atoms with van der Waals surface area (Å²) in [4.78, 5) is 20.2. The van der Waals surface area contributed by atoms with Gasteiger partial charge in [-0.3, -0.25) is 28.4 Å². The number of alkyl halides is 18. The molecule has 5 N–H and O–H groups in total. The van der Waals surface area contributed by atoms with Crippen molar-refractivity contribution in [2.24, 2.45) is 0 Å². The van der Waals surface area contributed by atoms with Crippen LogP contribution in [0.25, 0.3) is 0 Å². The van der Waals surface area contributed by atoms with E-state index in [1.165, 1.54) is 61.5 Å². The number of carboxylic acid groups (broad SMARTS) is 1. The number of hydrogen-bond acceptors (Lipinski definition) is 17. The van der Waals surface area contributed by atoms with Crippen molar-refractivity contribution in [3.8, 4) is 47.9 Å². The molecule has 0 unspecified atom stereocenters. The first-order chi connectivity index (χ1) is 55.9. The molecule has 0 saturated carbocycles. The van der Waals surface area contributed by atoms with Gasteiger partial charge < -0.3 is 52.8 Å². The van der Waals surface area contributed by atoms with Gasteiger partial charge in [-0.25, -0.2) is 4.79 Å². The maximum atomic E-state index is 13.0. The summed E-state index contributed by atoms with van der Waals surface area (Å²) in [6.07, 6.45) is -20.9. The van der Waals surface area contributed by atoms with Gasteiger partial charge in [-0.1, -0.05) is 65.4 Å². The number of nitrogen functional groups attached to an aromatic ring is 2. The average Bonchev–Trinajstić information content (AvgIpc) is 0.818. The zero-order chi connectivity index (χ0) is 93.2. The number of nitrogens with two attached hydrogens (primary N) is 2. The number of aryl methyl sites for hydroxylation is 4. The summed E-state index contributed by atoms with van der Waals surface area (Å²) < 4.78 is 315. The largest absolute Gasteiger partial charge is 0.478 e. The highest BCUT2D eigenvalue weighted by molar-refractivity contribution is 14.1. The molecule has 0 spiro atoms. The van der Waals surface area contributed by atoms with E-state index in [0.29, 0.717) is 49.1 Å². The Bertz CT molecular complexity index is 4540. The topological polar surface area (TPSA) is 275 Å². The molecule has 0 heterocycles. The van der Waals surface area contributed by atoms with Gasteiger partial charge >= 0.3 is 73.4 Å². The Morgan fingerprint density at radius 3 is 0.983 bits per heavy atom. The number of terminal acetylenes is 1. The van der Waals surface area contributed by atoms with Crippen LogP contribution in [0.5, 0.6) is 0 Å². The minimum atomic E-state index is -4.68. The fraction of sp³-hybridized carbons (Fsp3) is 0.430. The van der Waals surface area contributed by atoms with Crippen LogP contribution in [0.2, 0.25) is 0 Å². The Morgan fingerprint density at radius 1 is 0.405 bits per heavy atom. The minimum absolute atomic E-state index is 0.0192. The number of benzene rings is 6. The molecule has 121 heavy (non-hydrogen) atoms. The van der Waals surface area contributed by atoms with Crippen molar-refractivity contribution >= 4 is 76.0 Å². The second-order valence-electron chi connectivity index (χ2n) is 24.0. The molecule has 0 aliphatic rings. The normalized spacial score (nSPS) is 11.7. The van der Waals surface area contributed by atoms with Gasteiger partial charge in [-0.15, -0.1) is 12.3 Å². The first-order valence-corrected chi connectivity index (χ1v) is 44.0. The minimum Gasteiger partial charge on any atom is -0.478 e. The molecule has 6 aromatic carbocycles. The summed E-state index contributed by atoms with van der Waals surface area (Å²) in [5, 5.41) is 19.2. The van der Waals surface area contributed by atoms with E-state index in [0.717, 1.165) is 53.6 Å². The molecule has 0 aliphatic carbocycles. The standard InChI is InChI=1S/C16H18F3O5P.C16H20F3O3P.C15H19F3NO3P.C8H6F3I.C8H6F3NO2.C8H8F3N.C8H15O3P/c1-3-23-25(22,24-4-2)10-6-5-7-12-11-13(15(20)21)8-9-14(12)16(17,18)19;1-4-21-23(20,22-5-2)11-7-6-8-14-12-13(3)9-10-15(14)16(17,18)19;1-3-21-23(20,22-4-2)10-6-5-7-12-11-13(19)8-9-14(12)15(16,17)18;1-5-2-3-6(7(12)4-5)8(9,10)11;1-5-2-3-6(8(9,10)11)7(4-5)12(13)14;1-5-2-3-6(7(12)4-5)8(9,10)11;1-4-7-8-12(9,10-5-2)11-6-3/h8-9,11H,3-4,6,10H2,1-2H3,(H,20,21);9-10,12H,4-5,7,11H2,1-3H3;8-9,11H,3-4,6,10,19H2,1-2H3;2-4H,1H3;2-4H,1H3;2-4H,12H2,1H3;1H,5-8H2,2-3H3. The van der Waals surface area contributed by atoms with E-state index < -0.39 is 123 Å². The van der Waals surface area contributed by atoms with Gasteiger partial charge in [-0.2, -0.15) is 79.0 Å². The van der Waals surface area contributed by atoms with Crippen molar-refractivity contribution in [2.75, 3.05) is 89.0 Å². The maximum Gasteiger partial charge on any atom is 0.422 e. The Balaban J connectivity index is 0.00000142. The molecule has 19 nitrogen and oxygen atoms in total. The highest BCUT2D eigenvalue weighted by Gasteiger charge is 2.40. The van der Waals surface area contributed by atoms with Crippen molar-refractivity contribution in [1.82, 2.24) is 0 Å². The fourth-order valence-electron chi connectivity index (χ4n) is 9.26. The number of nitro groups is 1. The van der Waals surface area contributed by atoms with E-state index >= 15 is 0 Å². The van der Waals surface area contributed by atoms with E-state index in [1.807, 2.05) is 0 Å². The lowest BCUT2D eigenvalue weighted by molar-refractivity contribution is -0.388. The number of nitrogens with zero attached hydrogens (tertiary/aromatic N) is 1. The lowest BCUT2D eigenvalue weighted by Gasteiger charge is -2.15. The number of halogens is 19. The monoisotopic (exact) mass is 1930 g/mol.